The van der Waals surface area contributed by atoms with E-state index in [2.05, 4.69) is 10.00 Å². The first-order valence-electron chi connectivity index (χ1n) is 8.98. The minimum Gasteiger partial charge on any atom is -0.490 e. The largest absolute Gasteiger partial charge is 0.490 e. The van der Waals surface area contributed by atoms with E-state index in [0.717, 1.165) is 31.7 Å². The van der Waals surface area contributed by atoms with Crippen molar-refractivity contribution in [1.82, 2.24) is 14.7 Å². The van der Waals surface area contributed by atoms with Gasteiger partial charge in [0.2, 0.25) is 5.88 Å². The maximum absolute atomic E-state index is 12.5. The van der Waals surface area contributed by atoms with Crippen LogP contribution in [0.1, 0.15) is 24.1 Å². The van der Waals surface area contributed by atoms with E-state index in [1.807, 2.05) is 30.3 Å². The molecule has 0 unspecified atom stereocenters. The number of rotatable bonds is 6. The fourth-order valence-corrected chi connectivity index (χ4v) is 3.29. The van der Waals surface area contributed by atoms with Crippen LogP contribution in [0.25, 0.3) is 0 Å². The Morgan fingerprint density at radius 1 is 1.15 bits per heavy atom. The summed E-state index contributed by atoms with van der Waals surface area (Å²) in [6.07, 6.45) is -2.48. The number of nitrogens with zero attached hydrogens (tertiary/aromatic N) is 3. The molecule has 8 heteroatoms. The van der Waals surface area contributed by atoms with Crippen molar-refractivity contribution in [3.63, 3.8) is 0 Å². The van der Waals surface area contributed by atoms with Gasteiger partial charge in [-0.25, -0.2) is 4.68 Å². The summed E-state index contributed by atoms with van der Waals surface area (Å²) in [5.41, 5.74) is 1.40. The number of halogens is 3. The lowest BCUT2D eigenvalue weighted by Crippen LogP contribution is -2.38. The van der Waals surface area contributed by atoms with Gasteiger partial charge >= 0.3 is 6.18 Å². The first-order chi connectivity index (χ1) is 12.8. The number of aryl methyl sites for hydroxylation is 2. The van der Waals surface area contributed by atoms with Crippen LogP contribution in [0.15, 0.2) is 30.3 Å². The smallest absolute Gasteiger partial charge is 0.422 e. The van der Waals surface area contributed by atoms with Gasteiger partial charge in [0.1, 0.15) is 11.9 Å². The van der Waals surface area contributed by atoms with Crippen LogP contribution in [0, 0.1) is 6.92 Å². The molecule has 148 valence electrons. The highest BCUT2D eigenvalue weighted by Gasteiger charge is 2.30. The van der Waals surface area contributed by atoms with E-state index in [-0.39, 0.29) is 12.0 Å². The molecule has 1 aromatic carbocycles. The van der Waals surface area contributed by atoms with Crippen LogP contribution in [0.3, 0.4) is 0 Å². The molecule has 2 heterocycles. The number of para-hydroxylation sites is 1. The molecule has 2 aromatic rings. The highest BCUT2D eigenvalue weighted by Crippen LogP contribution is 2.27. The predicted octanol–water partition coefficient (Wildman–Crippen LogP) is 3.71. The van der Waals surface area contributed by atoms with Crippen molar-refractivity contribution < 1.29 is 22.6 Å². The average molecular weight is 383 g/mol. The van der Waals surface area contributed by atoms with Crippen LogP contribution in [0.2, 0.25) is 0 Å². The lowest BCUT2D eigenvalue weighted by molar-refractivity contribution is -0.154. The molecular formula is C19H24F3N3O2. The Morgan fingerprint density at radius 3 is 2.44 bits per heavy atom. The third kappa shape index (κ3) is 5.38. The third-order valence-corrected chi connectivity index (χ3v) is 4.62. The van der Waals surface area contributed by atoms with Crippen molar-refractivity contribution in [3.8, 4) is 11.6 Å². The molecule has 0 amide bonds. The molecule has 3 rings (SSSR count). The Morgan fingerprint density at radius 2 is 1.81 bits per heavy atom. The summed E-state index contributed by atoms with van der Waals surface area (Å²) in [6.45, 7) is 2.62. The van der Waals surface area contributed by atoms with Gasteiger partial charge in [0.15, 0.2) is 6.61 Å². The molecule has 1 aromatic heterocycles. The Labute approximate surface area is 156 Å². The molecule has 0 aliphatic carbocycles. The summed E-state index contributed by atoms with van der Waals surface area (Å²) in [5, 5.41) is 4.22. The molecule has 0 saturated carbocycles. The van der Waals surface area contributed by atoms with E-state index in [4.69, 9.17) is 9.47 Å². The molecule has 0 radical (unpaired) electrons. The summed E-state index contributed by atoms with van der Waals surface area (Å²) in [6, 6.07) is 9.71. The van der Waals surface area contributed by atoms with E-state index in [1.165, 1.54) is 4.68 Å². The van der Waals surface area contributed by atoms with Crippen LogP contribution in [-0.4, -0.2) is 46.7 Å². The lowest BCUT2D eigenvalue weighted by Gasteiger charge is -2.32. The molecule has 0 bridgehead atoms. The second-order valence-corrected chi connectivity index (χ2v) is 6.80. The SMILES string of the molecule is Cc1nn(C)c(OCC(F)(F)F)c1CN1CCC(Oc2ccccc2)CC1. The van der Waals surface area contributed by atoms with Crippen molar-refractivity contribution in [2.45, 2.75) is 38.6 Å². The monoisotopic (exact) mass is 383 g/mol. The van der Waals surface area contributed by atoms with E-state index in [9.17, 15) is 13.2 Å². The first-order valence-corrected chi connectivity index (χ1v) is 8.98. The van der Waals surface area contributed by atoms with Gasteiger partial charge in [-0.1, -0.05) is 18.2 Å². The quantitative estimate of drug-likeness (QED) is 0.762. The maximum Gasteiger partial charge on any atom is 0.422 e. The Bertz CT molecular complexity index is 739. The van der Waals surface area contributed by atoms with E-state index in [0.29, 0.717) is 17.8 Å². The second kappa shape index (κ2) is 8.21. The molecule has 1 aliphatic rings. The standard InChI is InChI=1S/C19H24F3N3O2/c1-14-17(18(24(2)23-14)26-13-19(20,21)22)12-25-10-8-16(9-11-25)27-15-6-4-3-5-7-15/h3-7,16H,8-13H2,1-2H3. The van der Waals surface area contributed by atoms with Crippen molar-refractivity contribution in [2.24, 2.45) is 7.05 Å². The van der Waals surface area contributed by atoms with E-state index >= 15 is 0 Å². The van der Waals surface area contributed by atoms with Crippen LogP contribution in [-0.2, 0) is 13.6 Å². The molecule has 1 fully saturated rings. The topological polar surface area (TPSA) is 39.5 Å². The number of hydrogen-bond acceptors (Lipinski definition) is 4. The number of benzene rings is 1. The van der Waals surface area contributed by atoms with Crippen LogP contribution < -0.4 is 9.47 Å². The van der Waals surface area contributed by atoms with Crippen molar-refractivity contribution >= 4 is 0 Å². The number of alkyl halides is 3. The molecule has 1 aliphatic heterocycles. The minimum absolute atomic E-state index is 0.152. The number of ether oxygens (including phenoxy) is 2. The predicted molar refractivity (Wildman–Crippen MR) is 94.9 cm³/mol. The zero-order chi connectivity index (χ0) is 19.4. The number of piperidine rings is 1. The highest BCUT2D eigenvalue weighted by atomic mass is 19.4. The molecule has 27 heavy (non-hydrogen) atoms. The molecule has 1 saturated heterocycles. The van der Waals surface area contributed by atoms with Gasteiger partial charge in [-0.15, -0.1) is 0 Å². The summed E-state index contributed by atoms with van der Waals surface area (Å²) < 4.78 is 49.9. The summed E-state index contributed by atoms with van der Waals surface area (Å²) in [5.74, 6) is 1.05. The van der Waals surface area contributed by atoms with Gasteiger partial charge in [0, 0.05) is 26.7 Å². The van der Waals surface area contributed by atoms with Crippen molar-refractivity contribution in [2.75, 3.05) is 19.7 Å². The highest BCUT2D eigenvalue weighted by molar-refractivity contribution is 5.31. The maximum atomic E-state index is 12.5. The van der Waals surface area contributed by atoms with Crippen LogP contribution in [0.5, 0.6) is 11.6 Å². The number of likely N-dealkylation sites (tertiary alicyclic amines) is 1. The van der Waals surface area contributed by atoms with Crippen molar-refractivity contribution in [1.29, 1.82) is 0 Å². The second-order valence-electron chi connectivity index (χ2n) is 6.80. The molecular weight excluding hydrogens is 359 g/mol. The minimum atomic E-state index is -4.37. The Balaban J connectivity index is 1.57. The van der Waals surface area contributed by atoms with Gasteiger partial charge in [-0.3, -0.25) is 4.90 Å². The number of hydrogen-bond donors (Lipinski definition) is 0. The Hall–Kier alpha value is -2.22. The first kappa shape index (κ1) is 19.5. The average Bonchev–Trinajstić information content (AvgIpc) is 2.88. The van der Waals surface area contributed by atoms with Gasteiger partial charge in [-0.05, 0) is 31.9 Å². The van der Waals surface area contributed by atoms with Gasteiger partial charge in [0.25, 0.3) is 0 Å². The van der Waals surface area contributed by atoms with Gasteiger partial charge in [-0.2, -0.15) is 18.3 Å². The fraction of sp³-hybridized carbons (Fsp3) is 0.526. The van der Waals surface area contributed by atoms with Crippen LogP contribution >= 0.6 is 0 Å². The molecule has 5 nitrogen and oxygen atoms in total. The molecule has 0 N–H and O–H groups in total. The third-order valence-electron chi connectivity index (χ3n) is 4.62. The van der Waals surface area contributed by atoms with Gasteiger partial charge < -0.3 is 9.47 Å². The van der Waals surface area contributed by atoms with Crippen LogP contribution in [0.4, 0.5) is 13.2 Å². The molecule has 0 atom stereocenters. The number of aromatic nitrogens is 2. The van der Waals surface area contributed by atoms with Crippen molar-refractivity contribution in [3.05, 3.63) is 41.6 Å². The van der Waals surface area contributed by atoms with Gasteiger partial charge in [0.05, 0.1) is 11.3 Å². The summed E-state index contributed by atoms with van der Waals surface area (Å²) >= 11 is 0. The lowest BCUT2D eigenvalue weighted by atomic mass is 10.1. The fourth-order valence-electron chi connectivity index (χ4n) is 3.29. The molecule has 0 spiro atoms. The van der Waals surface area contributed by atoms with E-state index in [1.54, 1.807) is 14.0 Å². The zero-order valence-electron chi connectivity index (χ0n) is 15.5. The van der Waals surface area contributed by atoms with E-state index < -0.39 is 12.8 Å². The summed E-state index contributed by atoms with van der Waals surface area (Å²) in [7, 11) is 1.60. The Kier molecular flexibility index (Phi) is 5.94. The zero-order valence-corrected chi connectivity index (χ0v) is 15.5. The normalized spacial score (nSPS) is 16.5. The summed E-state index contributed by atoms with van der Waals surface area (Å²) in [4.78, 5) is 2.20.